The fraction of sp³-hybridized carbons (Fsp3) is 0.588. The van der Waals surface area contributed by atoms with Crippen LogP contribution in [0, 0.1) is 0 Å². The highest BCUT2D eigenvalue weighted by atomic mass is 127. The fourth-order valence-corrected chi connectivity index (χ4v) is 1.95. The summed E-state index contributed by atoms with van der Waals surface area (Å²) in [5, 5.41) is 6.55. The van der Waals surface area contributed by atoms with E-state index < -0.39 is 0 Å². The number of nitrogens with zero attached hydrogens (tertiary/aromatic N) is 2. The molecule has 0 fully saturated rings. The van der Waals surface area contributed by atoms with E-state index in [1.807, 2.05) is 32.0 Å². The average Bonchev–Trinajstić information content (AvgIpc) is 2.56. The van der Waals surface area contributed by atoms with Gasteiger partial charge in [-0.15, -0.1) is 24.0 Å². The third kappa shape index (κ3) is 8.05. The van der Waals surface area contributed by atoms with E-state index in [1.165, 1.54) is 0 Å². The maximum absolute atomic E-state index is 5.53. The normalized spacial score (nSPS) is 11.0. The summed E-state index contributed by atoms with van der Waals surface area (Å²) in [7, 11) is 3.73. The highest BCUT2D eigenvalue weighted by Gasteiger charge is 2.07. The Labute approximate surface area is 163 Å². The molecule has 138 valence electrons. The second-order valence-electron chi connectivity index (χ2n) is 5.08. The summed E-state index contributed by atoms with van der Waals surface area (Å²) in [5.41, 5.74) is 0.911. The van der Waals surface area contributed by atoms with Crippen molar-refractivity contribution >= 4 is 35.6 Å². The Kier molecular flexibility index (Phi) is 12.4. The van der Waals surface area contributed by atoms with Gasteiger partial charge in [-0.1, -0.05) is 6.92 Å². The summed E-state index contributed by atoms with van der Waals surface area (Å²) in [6.07, 6.45) is 0. The molecule has 7 heteroatoms. The largest absolute Gasteiger partial charge is 0.493 e. The number of likely N-dealkylation sites (N-methyl/N-ethyl adjacent to an activating group) is 1. The highest BCUT2D eigenvalue weighted by Crippen LogP contribution is 2.30. The van der Waals surface area contributed by atoms with Gasteiger partial charge in [0.05, 0.1) is 20.3 Å². The quantitative estimate of drug-likeness (QED) is 0.344. The molecule has 0 heterocycles. The molecule has 0 bridgehead atoms. The van der Waals surface area contributed by atoms with E-state index in [4.69, 9.17) is 9.47 Å². The maximum atomic E-state index is 5.53. The van der Waals surface area contributed by atoms with Crippen LogP contribution in [0.25, 0.3) is 0 Å². The first-order chi connectivity index (χ1) is 11.1. The van der Waals surface area contributed by atoms with Gasteiger partial charge in [-0.3, -0.25) is 4.99 Å². The predicted molar refractivity (Wildman–Crippen MR) is 112 cm³/mol. The molecule has 0 amide bonds. The van der Waals surface area contributed by atoms with Crippen molar-refractivity contribution in [2.24, 2.45) is 4.99 Å². The molecule has 0 spiro atoms. The second-order valence-corrected chi connectivity index (χ2v) is 5.08. The van der Waals surface area contributed by atoms with E-state index in [0.29, 0.717) is 12.4 Å². The molecular formula is C17H31IN4O2. The lowest BCUT2D eigenvalue weighted by atomic mass is 10.2. The molecule has 0 saturated carbocycles. The van der Waals surface area contributed by atoms with Crippen LogP contribution in [0.3, 0.4) is 0 Å². The number of nitrogens with one attached hydrogen (secondary N) is 2. The van der Waals surface area contributed by atoms with Crippen molar-refractivity contribution in [3.63, 3.8) is 0 Å². The Morgan fingerprint density at radius 3 is 2.54 bits per heavy atom. The third-order valence-electron chi connectivity index (χ3n) is 3.36. The van der Waals surface area contributed by atoms with Crippen molar-refractivity contribution in [2.45, 2.75) is 20.8 Å². The van der Waals surface area contributed by atoms with E-state index in [9.17, 15) is 0 Å². The molecular weight excluding hydrogens is 419 g/mol. The molecule has 0 radical (unpaired) electrons. The minimum atomic E-state index is 0. The van der Waals surface area contributed by atoms with Crippen molar-refractivity contribution in [1.82, 2.24) is 10.2 Å². The number of benzene rings is 1. The SMILES string of the molecule is CCNC(=NCCN(C)CC)Nc1ccc(OCC)c(OC)c1.I. The van der Waals surface area contributed by atoms with Crippen LogP contribution in [-0.2, 0) is 0 Å². The van der Waals surface area contributed by atoms with Crippen molar-refractivity contribution in [2.75, 3.05) is 52.3 Å². The summed E-state index contributed by atoms with van der Waals surface area (Å²) >= 11 is 0. The molecule has 0 aliphatic rings. The van der Waals surface area contributed by atoms with Crippen molar-refractivity contribution in [1.29, 1.82) is 0 Å². The van der Waals surface area contributed by atoms with Gasteiger partial charge in [0.15, 0.2) is 17.5 Å². The van der Waals surface area contributed by atoms with Gasteiger partial charge in [0.25, 0.3) is 0 Å². The number of guanidine groups is 1. The lowest BCUT2D eigenvalue weighted by Crippen LogP contribution is -2.32. The van der Waals surface area contributed by atoms with Crippen LogP contribution in [0.2, 0.25) is 0 Å². The first kappa shape index (κ1) is 22.8. The minimum absolute atomic E-state index is 0. The number of methoxy groups -OCH3 is 1. The molecule has 1 aromatic carbocycles. The summed E-state index contributed by atoms with van der Waals surface area (Å²) in [5.74, 6) is 2.22. The van der Waals surface area contributed by atoms with Crippen LogP contribution in [0.15, 0.2) is 23.2 Å². The zero-order valence-electron chi connectivity index (χ0n) is 15.4. The molecule has 0 saturated heterocycles. The molecule has 0 aliphatic carbocycles. The zero-order chi connectivity index (χ0) is 17.1. The number of aliphatic imine (C=N–C) groups is 1. The molecule has 1 rings (SSSR count). The number of hydrogen-bond donors (Lipinski definition) is 2. The predicted octanol–water partition coefficient (Wildman–Crippen LogP) is 3.04. The Morgan fingerprint density at radius 2 is 1.96 bits per heavy atom. The molecule has 24 heavy (non-hydrogen) atoms. The second kappa shape index (κ2) is 13.1. The first-order valence-corrected chi connectivity index (χ1v) is 8.19. The number of hydrogen-bond acceptors (Lipinski definition) is 4. The first-order valence-electron chi connectivity index (χ1n) is 8.19. The van der Waals surface area contributed by atoms with Gasteiger partial charge < -0.3 is 25.0 Å². The monoisotopic (exact) mass is 450 g/mol. The van der Waals surface area contributed by atoms with Gasteiger partial charge in [-0.2, -0.15) is 0 Å². The summed E-state index contributed by atoms with van der Waals surface area (Å²) < 4.78 is 10.9. The lowest BCUT2D eigenvalue weighted by Gasteiger charge is -2.15. The molecule has 0 aromatic heterocycles. The molecule has 2 N–H and O–H groups in total. The molecule has 6 nitrogen and oxygen atoms in total. The van der Waals surface area contributed by atoms with Crippen molar-refractivity contribution in [3.8, 4) is 11.5 Å². The van der Waals surface area contributed by atoms with Crippen LogP contribution < -0.4 is 20.1 Å². The van der Waals surface area contributed by atoms with Gasteiger partial charge in [0.1, 0.15) is 0 Å². The molecule has 0 atom stereocenters. The van der Waals surface area contributed by atoms with Crippen LogP contribution >= 0.6 is 24.0 Å². The minimum Gasteiger partial charge on any atom is -0.493 e. The third-order valence-corrected chi connectivity index (χ3v) is 3.36. The highest BCUT2D eigenvalue weighted by molar-refractivity contribution is 14.0. The van der Waals surface area contributed by atoms with Gasteiger partial charge in [-0.05, 0) is 39.6 Å². The maximum Gasteiger partial charge on any atom is 0.195 e. The summed E-state index contributed by atoms with van der Waals surface area (Å²) in [6, 6.07) is 5.77. The lowest BCUT2D eigenvalue weighted by molar-refractivity contribution is 0.311. The molecule has 1 aromatic rings. The Balaban J connectivity index is 0.00000529. The van der Waals surface area contributed by atoms with Crippen LogP contribution in [0.5, 0.6) is 11.5 Å². The number of anilines is 1. The van der Waals surface area contributed by atoms with Crippen LogP contribution in [-0.4, -0.2) is 57.8 Å². The molecule has 0 unspecified atom stereocenters. The zero-order valence-corrected chi connectivity index (χ0v) is 17.7. The fourth-order valence-electron chi connectivity index (χ4n) is 1.95. The van der Waals surface area contributed by atoms with Crippen LogP contribution in [0.4, 0.5) is 5.69 Å². The Hall–Kier alpha value is -1.22. The van der Waals surface area contributed by atoms with Gasteiger partial charge in [0, 0.05) is 24.8 Å². The van der Waals surface area contributed by atoms with Gasteiger partial charge >= 0.3 is 0 Å². The van der Waals surface area contributed by atoms with Gasteiger partial charge in [0.2, 0.25) is 0 Å². The van der Waals surface area contributed by atoms with Crippen LogP contribution in [0.1, 0.15) is 20.8 Å². The van der Waals surface area contributed by atoms with E-state index >= 15 is 0 Å². The Morgan fingerprint density at radius 1 is 1.21 bits per heavy atom. The van der Waals surface area contributed by atoms with E-state index in [0.717, 1.165) is 43.6 Å². The van der Waals surface area contributed by atoms with Crippen molar-refractivity contribution in [3.05, 3.63) is 18.2 Å². The van der Waals surface area contributed by atoms with Gasteiger partial charge in [-0.25, -0.2) is 0 Å². The number of rotatable bonds is 9. The smallest absolute Gasteiger partial charge is 0.195 e. The number of ether oxygens (including phenoxy) is 2. The van der Waals surface area contributed by atoms with E-state index in [2.05, 4.69) is 34.5 Å². The molecule has 0 aliphatic heterocycles. The van der Waals surface area contributed by atoms with E-state index in [1.54, 1.807) is 7.11 Å². The number of halogens is 1. The van der Waals surface area contributed by atoms with E-state index in [-0.39, 0.29) is 24.0 Å². The Bertz CT molecular complexity index is 497. The standard InChI is InChI=1S/C17H30N4O2.HI/c1-6-18-17(19-11-12-21(4)7-2)20-14-9-10-15(23-8-3)16(13-14)22-5;/h9-10,13H,6-8,11-12H2,1-5H3,(H2,18,19,20);1H. The topological polar surface area (TPSA) is 58.1 Å². The average molecular weight is 450 g/mol. The summed E-state index contributed by atoms with van der Waals surface area (Å²) in [6.45, 7) is 10.3. The van der Waals surface area contributed by atoms with Crippen molar-refractivity contribution < 1.29 is 9.47 Å². The summed E-state index contributed by atoms with van der Waals surface area (Å²) in [4.78, 5) is 6.82.